The summed E-state index contributed by atoms with van der Waals surface area (Å²) in [7, 11) is 0. The van der Waals surface area contributed by atoms with Crippen LogP contribution < -0.4 is 0 Å². The third-order valence-electron chi connectivity index (χ3n) is 3.38. The Hall–Kier alpha value is -1.28. The number of rotatable bonds is 0. The zero-order valence-corrected chi connectivity index (χ0v) is 10.4. The minimum Gasteiger partial charge on any atom is -0.207 e. The Morgan fingerprint density at radius 1 is 1.06 bits per heavy atom. The van der Waals surface area contributed by atoms with E-state index in [4.69, 9.17) is 0 Å². The van der Waals surface area contributed by atoms with Crippen LogP contribution in [-0.2, 0) is 5.75 Å². The van der Waals surface area contributed by atoms with Gasteiger partial charge in [0.15, 0.2) is 0 Å². The summed E-state index contributed by atoms with van der Waals surface area (Å²) in [6, 6.07) is 13.8. The molecule has 0 fully saturated rings. The Balaban J connectivity index is 2.20. The fourth-order valence-corrected chi connectivity index (χ4v) is 3.61. The van der Waals surface area contributed by atoms with Crippen LogP contribution in [0.5, 0.6) is 0 Å². The molecule has 0 N–H and O–H groups in total. The van der Waals surface area contributed by atoms with E-state index in [2.05, 4.69) is 25.1 Å². The number of fused-ring (bicyclic) bond motifs is 2. The zero-order chi connectivity index (χ0) is 11.8. The lowest BCUT2D eigenvalue weighted by Crippen LogP contribution is -2.00. The predicted molar refractivity (Wildman–Crippen MR) is 69.9 cm³/mol. The first-order valence-corrected chi connectivity index (χ1v) is 6.75. The molecule has 17 heavy (non-hydrogen) atoms. The van der Waals surface area contributed by atoms with Crippen LogP contribution in [0.15, 0.2) is 47.4 Å². The molecule has 1 aliphatic heterocycles. The third-order valence-corrected chi connectivity index (χ3v) is 4.49. The number of thioether (sulfide) groups is 1. The molecule has 0 amide bonds. The Morgan fingerprint density at radius 2 is 1.82 bits per heavy atom. The molecule has 1 heterocycles. The first-order chi connectivity index (χ1) is 8.27. The van der Waals surface area contributed by atoms with Crippen LogP contribution in [-0.4, -0.2) is 0 Å². The fraction of sp³-hybridized carbons (Fsp3) is 0.200. The van der Waals surface area contributed by atoms with Gasteiger partial charge in [-0.05, 0) is 23.3 Å². The van der Waals surface area contributed by atoms with Crippen molar-refractivity contribution in [2.45, 2.75) is 23.5 Å². The van der Waals surface area contributed by atoms with Crippen molar-refractivity contribution in [1.29, 1.82) is 0 Å². The lowest BCUT2D eigenvalue weighted by Gasteiger charge is -2.14. The molecular weight excluding hydrogens is 231 g/mol. The summed E-state index contributed by atoms with van der Waals surface area (Å²) in [4.78, 5) is 1.27. The van der Waals surface area contributed by atoms with Gasteiger partial charge in [-0.2, -0.15) is 0 Å². The van der Waals surface area contributed by atoms with Gasteiger partial charge in [-0.15, -0.1) is 11.8 Å². The van der Waals surface area contributed by atoms with Crippen molar-refractivity contribution in [3.05, 3.63) is 65.0 Å². The SMILES string of the molecule is CC1c2ccccc2SCc2c(F)cccc21. The minimum atomic E-state index is -0.0744. The third kappa shape index (κ3) is 1.77. The van der Waals surface area contributed by atoms with E-state index in [-0.39, 0.29) is 11.7 Å². The minimum absolute atomic E-state index is 0.0744. The summed E-state index contributed by atoms with van der Waals surface area (Å²) in [6.07, 6.45) is 0. The first-order valence-electron chi connectivity index (χ1n) is 5.76. The van der Waals surface area contributed by atoms with Crippen LogP contribution >= 0.6 is 11.8 Å². The van der Waals surface area contributed by atoms with Crippen LogP contribution in [0.1, 0.15) is 29.5 Å². The molecule has 0 spiro atoms. The van der Waals surface area contributed by atoms with Crippen molar-refractivity contribution in [2.75, 3.05) is 0 Å². The van der Waals surface area contributed by atoms with Gasteiger partial charge >= 0.3 is 0 Å². The van der Waals surface area contributed by atoms with Crippen LogP contribution in [0, 0.1) is 5.82 Å². The molecule has 0 nitrogen and oxygen atoms in total. The smallest absolute Gasteiger partial charge is 0.127 e. The van der Waals surface area contributed by atoms with Gasteiger partial charge in [0.05, 0.1) is 0 Å². The second-order valence-corrected chi connectivity index (χ2v) is 5.37. The Kier molecular flexibility index (Phi) is 2.67. The molecule has 0 radical (unpaired) electrons. The van der Waals surface area contributed by atoms with E-state index < -0.39 is 0 Å². The normalized spacial score (nSPS) is 18.1. The van der Waals surface area contributed by atoms with Gasteiger partial charge in [0, 0.05) is 22.1 Å². The van der Waals surface area contributed by atoms with E-state index in [1.165, 1.54) is 10.5 Å². The van der Waals surface area contributed by atoms with Crippen molar-refractivity contribution in [1.82, 2.24) is 0 Å². The van der Waals surface area contributed by atoms with Gasteiger partial charge < -0.3 is 0 Å². The van der Waals surface area contributed by atoms with E-state index in [0.717, 1.165) is 16.9 Å². The maximum Gasteiger partial charge on any atom is 0.127 e. The molecule has 0 saturated heterocycles. The molecular formula is C15H13FS. The van der Waals surface area contributed by atoms with Crippen molar-refractivity contribution in [3.63, 3.8) is 0 Å². The molecule has 1 atom stereocenters. The highest BCUT2D eigenvalue weighted by atomic mass is 32.2. The largest absolute Gasteiger partial charge is 0.207 e. The highest BCUT2D eigenvalue weighted by Gasteiger charge is 2.21. The number of benzene rings is 2. The topological polar surface area (TPSA) is 0 Å². The van der Waals surface area contributed by atoms with E-state index in [9.17, 15) is 4.39 Å². The number of halogens is 1. The van der Waals surface area contributed by atoms with E-state index in [1.807, 2.05) is 18.2 Å². The summed E-state index contributed by atoms with van der Waals surface area (Å²) in [5.74, 6) is 0.921. The van der Waals surface area contributed by atoms with Gasteiger partial charge in [-0.1, -0.05) is 37.3 Å². The van der Waals surface area contributed by atoms with Crippen LogP contribution in [0.25, 0.3) is 0 Å². The highest BCUT2D eigenvalue weighted by Crippen LogP contribution is 2.40. The molecule has 3 rings (SSSR count). The Bertz CT molecular complexity index is 563. The Labute approximate surface area is 105 Å². The lowest BCUT2D eigenvalue weighted by atomic mass is 9.90. The molecule has 2 aromatic carbocycles. The molecule has 0 bridgehead atoms. The quantitative estimate of drug-likeness (QED) is 0.653. The monoisotopic (exact) mass is 244 g/mol. The van der Waals surface area contributed by atoms with Gasteiger partial charge in [0.1, 0.15) is 5.82 Å². The maximum absolute atomic E-state index is 13.8. The molecule has 0 aromatic heterocycles. The molecule has 2 heteroatoms. The van der Waals surface area contributed by atoms with Crippen LogP contribution in [0.2, 0.25) is 0 Å². The first kappa shape index (κ1) is 10.8. The van der Waals surface area contributed by atoms with Crippen molar-refractivity contribution >= 4 is 11.8 Å². The van der Waals surface area contributed by atoms with Gasteiger partial charge in [-0.3, -0.25) is 0 Å². The van der Waals surface area contributed by atoms with E-state index in [1.54, 1.807) is 17.8 Å². The highest BCUT2D eigenvalue weighted by molar-refractivity contribution is 7.98. The molecule has 0 saturated carbocycles. The summed E-state index contributed by atoms with van der Waals surface area (Å²) in [5.41, 5.74) is 3.30. The summed E-state index contributed by atoms with van der Waals surface area (Å²) < 4.78 is 13.8. The van der Waals surface area contributed by atoms with E-state index >= 15 is 0 Å². The van der Waals surface area contributed by atoms with Gasteiger partial charge in [0.2, 0.25) is 0 Å². The molecule has 86 valence electrons. The maximum atomic E-state index is 13.8. The van der Waals surface area contributed by atoms with Gasteiger partial charge in [0.25, 0.3) is 0 Å². The summed E-state index contributed by atoms with van der Waals surface area (Å²) >= 11 is 1.73. The van der Waals surface area contributed by atoms with Crippen molar-refractivity contribution in [2.24, 2.45) is 0 Å². The number of hydrogen-bond donors (Lipinski definition) is 0. The fourth-order valence-electron chi connectivity index (χ4n) is 2.42. The molecule has 1 aliphatic rings. The second-order valence-electron chi connectivity index (χ2n) is 4.36. The summed E-state index contributed by atoms with van der Waals surface area (Å²) in [6.45, 7) is 2.16. The predicted octanol–water partition coefficient (Wildman–Crippen LogP) is 4.58. The standard InChI is InChI=1S/C15H13FS/c1-10-11-6-4-7-14(16)13(11)9-17-15-8-3-2-5-12(10)15/h2-8,10H,9H2,1H3. The van der Waals surface area contributed by atoms with E-state index in [0.29, 0.717) is 0 Å². The van der Waals surface area contributed by atoms with Gasteiger partial charge in [-0.25, -0.2) is 4.39 Å². The lowest BCUT2D eigenvalue weighted by molar-refractivity contribution is 0.613. The summed E-state index contributed by atoms with van der Waals surface area (Å²) in [5, 5.41) is 0. The molecule has 2 aromatic rings. The van der Waals surface area contributed by atoms with Crippen LogP contribution in [0.3, 0.4) is 0 Å². The Morgan fingerprint density at radius 3 is 2.71 bits per heavy atom. The van der Waals surface area contributed by atoms with Crippen LogP contribution in [0.4, 0.5) is 4.39 Å². The number of hydrogen-bond acceptors (Lipinski definition) is 1. The zero-order valence-electron chi connectivity index (χ0n) is 9.61. The average Bonchev–Trinajstić information content (AvgIpc) is 2.50. The van der Waals surface area contributed by atoms with Crippen molar-refractivity contribution in [3.8, 4) is 0 Å². The van der Waals surface area contributed by atoms with Crippen molar-refractivity contribution < 1.29 is 4.39 Å². The molecule has 1 unspecified atom stereocenters. The second kappa shape index (κ2) is 4.19. The average molecular weight is 244 g/mol. The molecule has 0 aliphatic carbocycles.